The molecule has 1 heterocycles. The van der Waals surface area contributed by atoms with Crippen molar-refractivity contribution in [1.29, 1.82) is 0 Å². The summed E-state index contributed by atoms with van der Waals surface area (Å²) in [4.78, 5) is 0. The highest BCUT2D eigenvalue weighted by molar-refractivity contribution is 6.74. The summed E-state index contributed by atoms with van der Waals surface area (Å²) in [6.07, 6.45) is 7.56. The maximum absolute atomic E-state index is 10.8. The fourth-order valence-electron chi connectivity index (χ4n) is 6.09. The van der Waals surface area contributed by atoms with Crippen LogP contribution < -0.4 is 0 Å². The van der Waals surface area contributed by atoms with Gasteiger partial charge in [-0.05, 0) is 73.6 Å². The van der Waals surface area contributed by atoms with E-state index in [4.69, 9.17) is 8.84 Å². The van der Waals surface area contributed by atoms with Gasteiger partial charge in [0.2, 0.25) is 0 Å². The lowest BCUT2D eigenvalue weighted by molar-refractivity contribution is -0.154. The van der Waals surface area contributed by atoms with Gasteiger partial charge in [0, 0.05) is 11.0 Å². The van der Waals surface area contributed by atoms with E-state index < -0.39 is 19.8 Å². The molecule has 0 spiro atoms. The van der Waals surface area contributed by atoms with Crippen LogP contribution in [0.25, 0.3) is 0 Å². The van der Waals surface area contributed by atoms with Gasteiger partial charge in [0.05, 0.1) is 31.3 Å². The number of allylic oxidation sites excluding steroid dienone is 1. The zero-order chi connectivity index (χ0) is 23.2. The first-order valence-corrected chi connectivity index (χ1v) is 14.8. The van der Waals surface area contributed by atoms with E-state index in [1.165, 1.54) is 5.57 Å². The minimum atomic E-state index is -2.00. The fourth-order valence-corrected chi connectivity index (χ4v) is 7.39. The van der Waals surface area contributed by atoms with Crippen molar-refractivity contribution in [3.05, 3.63) is 36.3 Å². The number of hydrogen-bond acceptors (Lipinski definition) is 4. The van der Waals surface area contributed by atoms with Gasteiger partial charge >= 0.3 is 0 Å². The predicted octanol–water partition coefficient (Wildman–Crippen LogP) is 6.47. The summed E-state index contributed by atoms with van der Waals surface area (Å²) < 4.78 is 12.4. The van der Waals surface area contributed by atoms with E-state index in [1.54, 1.807) is 6.26 Å². The first-order chi connectivity index (χ1) is 14.3. The van der Waals surface area contributed by atoms with E-state index in [-0.39, 0.29) is 35.0 Å². The van der Waals surface area contributed by atoms with Crippen LogP contribution in [-0.4, -0.2) is 31.2 Å². The third-order valence-electron chi connectivity index (χ3n) is 9.30. The first-order valence-electron chi connectivity index (χ1n) is 11.9. The van der Waals surface area contributed by atoms with Gasteiger partial charge in [0.15, 0.2) is 8.32 Å². The largest absolute Gasteiger partial charge is 0.472 e. The minimum absolute atomic E-state index is 0.00911. The normalized spacial score (nSPS) is 35.6. The molecule has 0 unspecified atom stereocenters. The molecule has 6 atom stereocenters. The van der Waals surface area contributed by atoms with Crippen LogP contribution >= 0.6 is 0 Å². The van der Waals surface area contributed by atoms with E-state index in [9.17, 15) is 10.2 Å². The highest BCUT2D eigenvalue weighted by Crippen LogP contribution is 2.62. The van der Waals surface area contributed by atoms with Gasteiger partial charge in [-0.15, -0.1) is 0 Å². The van der Waals surface area contributed by atoms with Crippen LogP contribution in [0.4, 0.5) is 0 Å². The lowest BCUT2D eigenvalue weighted by atomic mass is 9.46. The topological polar surface area (TPSA) is 62.8 Å². The summed E-state index contributed by atoms with van der Waals surface area (Å²) in [5.74, 6) is 0.552. The van der Waals surface area contributed by atoms with Crippen molar-refractivity contribution in [2.45, 2.75) is 97.1 Å². The molecule has 3 rings (SSSR count). The van der Waals surface area contributed by atoms with Crippen molar-refractivity contribution in [3.63, 3.8) is 0 Å². The molecule has 4 nitrogen and oxygen atoms in total. The number of aliphatic hydroxyl groups excluding tert-OH is 2. The molecular formula is C26H44O4Si. The summed E-state index contributed by atoms with van der Waals surface area (Å²) >= 11 is 0. The van der Waals surface area contributed by atoms with Crippen molar-refractivity contribution in [1.82, 2.24) is 0 Å². The molecule has 0 radical (unpaired) electrons. The summed E-state index contributed by atoms with van der Waals surface area (Å²) in [7, 11) is -2.00. The Labute approximate surface area is 190 Å². The number of furan rings is 1. The molecule has 1 aromatic rings. The summed E-state index contributed by atoms with van der Waals surface area (Å²) in [6, 6.07) is 2.03. The van der Waals surface area contributed by atoms with E-state index in [0.29, 0.717) is 0 Å². The maximum Gasteiger partial charge on any atom is 0.192 e. The van der Waals surface area contributed by atoms with Gasteiger partial charge < -0.3 is 19.1 Å². The molecule has 2 saturated carbocycles. The van der Waals surface area contributed by atoms with Gasteiger partial charge in [-0.3, -0.25) is 0 Å². The predicted molar refractivity (Wildman–Crippen MR) is 128 cm³/mol. The molecular weight excluding hydrogens is 404 g/mol. The van der Waals surface area contributed by atoms with Gasteiger partial charge in [-0.25, -0.2) is 0 Å². The number of rotatable bonds is 6. The van der Waals surface area contributed by atoms with Crippen LogP contribution in [0, 0.1) is 22.7 Å². The SMILES string of the molecule is C=C1CC[C@@H]2[C@](C)(CO)[C@H](O)CC[C@@]2(C)[C@@H]1C[C@H](O[Si](C)(C)C(C)(C)C)c1ccoc1. The first kappa shape index (κ1) is 24.8. The number of hydrogen-bond donors (Lipinski definition) is 2. The molecule has 2 N–H and O–H groups in total. The third kappa shape index (κ3) is 4.35. The number of fused-ring (bicyclic) bond motifs is 1. The Balaban J connectivity index is 1.95. The van der Waals surface area contributed by atoms with Crippen molar-refractivity contribution in [2.75, 3.05) is 6.61 Å². The van der Waals surface area contributed by atoms with Crippen molar-refractivity contribution in [3.8, 4) is 0 Å². The quantitative estimate of drug-likeness (QED) is 0.386. The molecule has 5 heteroatoms. The average molecular weight is 449 g/mol. The fraction of sp³-hybridized carbons (Fsp3) is 0.769. The summed E-state index contributed by atoms with van der Waals surface area (Å²) in [6.45, 7) is 20.4. The molecule has 0 bridgehead atoms. The van der Waals surface area contributed by atoms with Gasteiger partial charge in [0.1, 0.15) is 0 Å². The van der Waals surface area contributed by atoms with Crippen molar-refractivity contribution >= 4 is 8.32 Å². The second-order valence-electron chi connectivity index (χ2n) is 12.2. The van der Waals surface area contributed by atoms with E-state index >= 15 is 0 Å². The Hall–Kier alpha value is -0.883. The van der Waals surface area contributed by atoms with Crippen LogP contribution in [0.15, 0.2) is 35.2 Å². The number of aliphatic hydroxyl groups is 2. The molecule has 31 heavy (non-hydrogen) atoms. The van der Waals surface area contributed by atoms with Crippen LogP contribution in [0.3, 0.4) is 0 Å². The molecule has 2 aliphatic carbocycles. The van der Waals surface area contributed by atoms with Crippen LogP contribution in [0.2, 0.25) is 18.1 Å². The zero-order valence-corrected chi connectivity index (χ0v) is 21.7. The lowest BCUT2D eigenvalue weighted by Crippen LogP contribution is -2.57. The van der Waals surface area contributed by atoms with E-state index in [0.717, 1.165) is 37.7 Å². The molecule has 0 amide bonds. The highest BCUT2D eigenvalue weighted by atomic mass is 28.4. The minimum Gasteiger partial charge on any atom is -0.472 e. The van der Waals surface area contributed by atoms with E-state index in [1.807, 2.05) is 12.3 Å². The van der Waals surface area contributed by atoms with Crippen LogP contribution in [-0.2, 0) is 4.43 Å². The molecule has 0 aliphatic heterocycles. The Morgan fingerprint density at radius 1 is 1.29 bits per heavy atom. The Morgan fingerprint density at radius 3 is 2.52 bits per heavy atom. The Bertz CT molecular complexity index is 765. The lowest BCUT2D eigenvalue weighted by Gasteiger charge is -2.60. The molecule has 2 fully saturated rings. The second-order valence-corrected chi connectivity index (χ2v) is 16.9. The summed E-state index contributed by atoms with van der Waals surface area (Å²) in [5, 5.41) is 21.2. The smallest absolute Gasteiger partial charge is 0.192 e. The van der Waals surface area contributed by atoms with Gasteiger partial charge in [-0.1, -0.05) is 46.8 Å². The zero-order valence-electron chi connectivity index (χ0n) is 20.7. The van der Waals surface area contributed by atoms with Gasteiger partial charge in [-0.2, -0.15) is 0 Å². The van der Waals surface area contributed by atoms with E-state index in [2.05, 4.69) is 54.3 Å². The Kier molecular flexibility index (Phi) is 6.77. The second kappa shape index (κ2) is 8.47. The maximum atomic E-state index is 10.8. The molecule has 2 aliphatic rings. The monoisotopic (exact) mass is 448 g/mol. The third-order valence-corrected chi connectivity index (χ3v) is 13.8. The van der Waals surface area contributed by atoms with Crippen LogP contribution in [0.5, 0.6) is 0 Å². The molecule has 0 saturated heterocycles. The molecule has 176 valence electrons. The summed E-state index contributed by atoms with van der Waals surface area (Å²) in [5.41, 5.74) is 1.93. The van der Waals surface area contributed by atoms with Gasteiger partial charge in [0.25, 0.3) is 0 Å². The Morgan fingerprint density at radius 2 is 1.97 bits per heavy atom. The average Bonchev–Trinajstić information content (AvgIpc) is 3.21. The highest BCUT2D eigenvalue weighted by Gasteiger charge is 2.58. The van der Waals surface area contributed by atoms with Crippen molar-refractivity contribution in [2.24, 2.45) is 22.7 Å². The molecule has 0 aromatic carbocycles. The standard InChI is InChI=1S/C26H44O4Si/c1-18-9-10-22-25(5,13-11-23(28)26(22,6)17-27)20(18)15-21(19-12-14-29-16-19)30-31(7,8)24(2,3)4/h12,14,16,20-23,27-28H,1,9-11,13,15,17H2,2-8H3/t20-,21+,22+,23-,25+,26+/m1/s1. The molecule has 1 aromatic heterocycles. The van der Waals surface area contributed by atoms with Crippen molar-refractivity contribution < 1.29 is 19.1 Å². The van der Waals surface area contributed by atoms with Crippen LogP contribution in [0.1, 0.15) is 78.4 Å².